The molecule has 1 N–H and O–H groups in total. The number of rotatable bonds is 4. The standard InChI is InChI=1S/C20H20ClN3O3/c1-3-24(20(27)22-14-8-9-18(25)17(21)10-14)12-13-11-23(2)19(26)16-7-5-4-6-15(13)16/h4-11,17H,3,12H2,1-2H3,(H,22,27)/t17-/m1/s1. The van der Waals surface area contributed by atoms with Crippen molar-refractivity contribution in [3.8, 4) is 0 Å². The maximum Gasteiger partial charge on any atom is 0.322 e. The average Bonchev–Trinajstić information content (AvgIpc) is 2.66. The number of alkyl halides is 1. The molecule has 2 aromatic rings. The van der Waals surface area contributed by atoms with E-state index in [0.29, 0.717) is 24.2 Å². The van der Waals surface area contributed by atoms with Crippen molar-refractivity contribution < 1.29 is 9.59 Å². The smallest absolute Gasteiger partial charge is 0.320 e. The molecule has 0 saturated heterocycles. The highest BCUT2D eigenvalue weighted by Gasteiger charge is 2.19. The molecule has 0 aliphatic heterocycles. The Kier molecular flexibility index (Phi) is 5.46. The van der Waals surface area contributed by atoms with Crippen LogP contribution >= 0.6 is 11.6 Å². The number of benzene rings is 1. The molecule has 1 aromatic carbocycles. The first kappa shape index (κ1) is 18.9. The molecule has 2 amide bonds. The van der Waals surface area contributed by atoms with Crippen molar-refractivity contribution in [2.45, 2.75) is 18.8 Å². The summed E-state index contributed by atoms with van der Waals surface area (Å²) in [6, 6.07) is 7.06. The van der Waals surface area contributed by atoms with Gasteiger partial charge in [0.1, 0.15) is 5.38 Å². The van der Waals surface area contributed by atoms with E-state index in [2.05, 4.69) is 5.32 Å². The van der Waals surface area contributed by atoms with Gasteiger partial charge in [-0.05, 0) is 42.2 Å². The van der Waals surface area contributed by atoms with Crippen LogP contribution in [0.15, 0.2) is 59.2 Å². The molecule has 0 fully saturated rings. The van der Waals surface area contributed by atoms with Crippen molar-refractivity contribution >= 4 is 34.2 Å². The van der Waals surface area contributed by atoms with Gasteiger partial charge in [0, 0.05) is 37.4 Å². The van der Waals surface area contributed by atoms with Crippen molar-refractivity contribution in [2.75, 3.05) is 6.54 Å². The number of nitrogens with one attached hydrogen (secondary N) is 1. The Morgan fingerprint density at radius 2 is 1.93 bits per heavy atom. The molecular weight excluding hydrogens is 366 g/mol. The highest BCUT2D eigenvalue weighted by atomic mass is 35.5. The SMILES string of the molecule is CCN(Cc1cn(C)c(=O)c2ccccc12)C(=O)NC1=C[C@@H](Cl)C(=O)C=C1. The molecule has 1 aliphatic carbocycles. The predicted molar refractivity (Wildman–Crippen MR) is 106 cm³/mol. The van der Waals surface area contributed by atoms with E-state index in [1.54, 1.807) is 24.2 Å². The van der Waals surface area contributed by atoms with Gasteiger partial charge < -0.3 is 14.8 Å². The van der Waals surface area contributed by atoms with Crippen LogP contribution in [0.3, 0.4) is 0 Å². The predicted octanol–water partition coefficient (Wildman–Crippen LogP) is 2.70. The van der Waals surface area contributed by atoms with Gasteiger partial charge in [-0.25, -0.2) is 4.79 Å². The second-order valence-corrected chi connectivity index (χ2v) is 6.79. The molecule has 1 aromatic heterocycles. The monoisotopic (exact) mass is 385 g/mol. The largest absolute Gasteiger partial charge is 0.322 e. The summed E-state index contributed by atoms with van der Waals surface area (Å²) in [5, 5.41) is 3.45. The third kappa shape index (κ3) is 3.95. The molecule has 1 heterocycles. The van der Waals surface area contributed by atoms with Crippen molar-refractivity contribution in [3.63, 3.8) is 0 Å². The lowest BCUT2D eigenvalue weighted by Crippen LogP contribution is -2.39. The first-order valence-corrected chi connectivity index (χ1v) is 9.05. The van der Waals surface area contributed by atoms with E-state index >= 15 is 0 Å². The van der Waals surface area contributed by atoms with Crippen molar-refractivity contribution in [1.82, 2.24) is 14.8 Å². The Morgan fingerprint density at radius 3 is 2.59 bits per heavy atom. The number of hydrogen-bond donors (Lipinski definition) is 1. The van der Waals surface area contributed by atoms with Crippen LogP contribution in [0.2, 0.25) is 0 Å². The number of fused-ring (bicyclic) bond motifs is 1. The minimum atomic E-state index is -0.770. The lowest BCUT2D eigenvalue weighted by Gasteiger charge is -2.23. The van der Waals surface area contributed by atoms with E-state index in [1.807, 2.05) is 25.1 Å². The van der Waals surface area contributed by atoms with E-state index in [4.69, 9.17) is 11.6 Å². The van der Waals surface area contributed by atoms with Crippen LogP contribution in [0.1, 0.15) is 12.5 Å². The van der Waals surface area contributed by atoms with Crippen LogP contribution in [0.25, 0.3) is 10.8 Å². The fourth-order valence-corrected chi connectivity index (χ4v) is 3.21. The van der Waals surface area contributed by atoms with E-state index in [1.165, 1.54) is 22.8 Å². The van der Waals surface area contributed by atoms with E-state index < -0.39 is 5.38 Å². The van der Waals surface area contributed by atoms with Gasteiger partial charge in [-0.15, -0.1) is 11.6 Å². The third-order valence-electron chi connectivity index (χ3n) is 4.48. The van der Waals surface area contributed by atoms with Crippen molar-refractivity contribution in [3.05, 3.63) is 70.3 Å². The van der Waals surface area contributed by atoms with Crippen LogP contribution in [-0.4, -0.2) is 33.2 Å². The van der Waals surface area contributed by atoms with Gasteiger partial charge in [-0.2, -0.15) is 0 Å². The Labute approximate surface area is 161 Å². The molecule has 0 radical (unpaired) electrons. The van der Waals surface area contributed by atoms with Gasteiger partial charge in [0.25, 0.3) is 5.56 Å². The highest BCUT2D eigenvalue weighted by Crippen LogP contribution is 2.18. The van der Waals surface area contributed by atoms with E-state index in [9.17, 15) is 14.4 Å². The summed E-state index contributed by atoms with van der Waals surface area (Å²) in [7, 11) is 1.70. The molecule has 140 valence electrons. The number of nitrogens with zero attached hydrogens (tertiary/aromatic N) is 2. The molecule has 7 heteroatoms. The summed E-state index contributed by atoms with van der Waals surface area (Å²) in [6.45, 7) is 2.70. The number of carbonyl (C=O) groups excluding carboxylic acids is 2. The first-order chi connectivity index (χ1) is 12.9. The highest BCUT2D eigenvalue weighted by molar-refractivity contribution is 6.34. The zero-order valence-electron chi connectivity index (χ0n) is 15.1. The molecule has 0 unspecified atom stereocenters. The summed E-state index contributed by atoms with van der Waals surface area (Å²) in [5.74, 6) is -0.210. The van der Waals surface area contributed by atoms with Crippen LogP contribution in [0.5, 0.6) is 0 Å². The summed E-state index contributed by atoms with van der Waals surface area (Å²) in [4.78, 5) is 38.0. The number of urea groups is 1. The molecule has 3 rings (SSSR count). The number of amides is 2. The van der Waals surface area contributed by atoms with Gasteiger partial charge >= 0.3 is 6.03 Å². The van der Waals surface area contributed by atoms with E-state index in [0.717, 1.165) is 10.9 Å². The molecule has 0 bridgehead atoms. The lowest BCUT2D eigenvalue weighted by atomic mass is 10.1. The average molecular weight is 386 g/mol. The van der Waals surface area contributed by atoms with Gasteiger partial charge in [-0.1, -0.05) is 18.2 Å². The lowest BCUT2D eigenvalue weighted by molar-refractivity contribution is -0.113. The number of pyridine rings is 1. The quantitative estimate of drug-likeness (QED) is 0.822. The molecule has 0 saturated carbocycles. The maximum atomic E-state index is 12.7. The van der Waals surface area contributed by atoms with Gasteiger partial charge in [0.15, 0.2) is 5.78 Å². The zero-order valence-corrected chi connectivity index (χ0v) is 15.9. The number of aryl methyl sites for hydroxylation is 1. The van der Waals surface area contributed by atoms with Crippen LogP contribution < -0.4 is 10.9 Å². The minimum absolute atomic E-state index is 0.0721. The summed E-state index contributed by atoms with van der Waals surface area (Å²) >= 11 is 5.91. The molecule has 1 aliphatic rings. The topological polar surface area (TPSA) is 71.4 Å². The minimum Gasteiger partial charge on any atom is -0.320 e. The Morgan fingerprint density at radius 1 is 1.22 bits per heavy atom. The van der Waals surface area contributed by atoms with Crippen molar-refractivity contribution in [2.24, 2.45) is 7.05 Å². The normalized spacial score (nSPS) is 16.3. The van der Waals surface area contributed by atoms with Gasteiger partial charge in [0.2, 0.25) is 0 Å². The van der Waals surface area contributed by atoms with Crippen LogP contribution in [0.4, 0.5) is 4.79 Å². The fourth-order valence-electron chi connectivity index (χ4n) is 3.01. The van der Waals surface area contributed by atoms with Crippen molar-refractivity contribution in [1.29, 1.82) is 0 Å². The summed E-state index contributed by atoms with van der Waals surface area (Å²) in [6.07, 6.45) is 6.16. The number of hydrogen-bond acceptors (Lipinski definition) is 3. The Hall–Kier alpha value is -2.86. The molecule has 27 heavy (non-hydrogen) atoms. The molecular formula is C20H20ClN3O3. The molecule has 6 nitrogen and oxygen atoms in total. The molecule has 1 atom stereocenters. The Bertz CT molecular complexity index is 1020. The zero-order chi connectivity index (χ0) is 19.6. The van der Waals surface area contributed by atoms with E-state index in [-0.39, 0.29) is 17.4 Å². The number of halogens is 1. The summed E-state index contributed by atoms with van der Waals surface area (Å²) < 4.78 is 1.53. The van der Waals surface area contributed by atoms with Crippen LogP contribution in [0, 0.1) is 0 Å². The second kappa shape index (κ2) is 7.80. The summed E-state index contributed by atoms with van der Waals surface area (Å²) in [5.41, 5.74) is 1.30. The number of ketones is 1. The maximum absolute atomic E-state index is 12.7. The third-order valence-corrected chi connectivity index (χ3v) is 4.82. The number of allylic oxidation sites excluding steroid dienone is 3. The molecule has 0 spiro atoms. The number of aromatic nitrogens is 1. The Balaban J connectivity index is 1.85. The second-order valence-electron chi connectivity index (χ2n) is 6.32. The van der Waals surface area contributed by atoms with Gasteiger partial charge in [-0.3, -0.25) is 9.59 Å². The van der Waals surface area contributed by atoms with Gasteiger partial charge in [0.05, 0.1) is 0 Å². The first-order valence-electron chi connectivity index (χ1n) is 8.61. The number of carbonyl (C=O) groups is 2. The van der Waals surface area contributed by atoms with Crippen LogP contribution in [-0.2, 0) is 18.4 Å². The fraction of sp³-hybridized carbons (Fsp3) is 0.250.